The van der Waals surface area contributed by atoms with Crippen molar-refractivity contribution in [2.45, 2.75) is 77.6 Å². The SMILES string of the molecule is Cc1ccc(CCCCCCCCCCCC(=O)O)cc1. The van der Waals surface area contributed by atoms with Crippen molar-refractivity contribution in [3.63, 3.8) is 0 Å². The van der Waals surface area contributed by atoms with Gasteiger partial charge in [0, 0.05) is 6.42 Å². The molecule has 1 aromatic carbocycles. The van der Waals surface area contributed by atoms with E-state index in [-0.39, 0.29) is 0 Å². The molecule has 0 heterocycles. The molecule has 0 spiro atoms. The molecular formula is C19H30O2. The number of hydrogen-bond acceptors (Lipinski definition) is 1. The summed E-state index contributed by atoms with van der Waals surface area (Å²) in [7, 11) is 0. The number of hydrogen-bond donors (Lipinski definition) is 1. The largest absolute Gasteiger partial charge is 0.481 e. The average Bonchev–Trinajstić information content (AvgIpc) is 2.46. The maximum atomic E-state index is 10.4. The molecule has 21 heavy (non-hydrogen) atoms. The summed E-state index contributed by atoms with van der Waals surface area (Å²) in [5, 5.41) is 8.53. The molecule has 118 valence electrons. The molecule has 0 aliphatic rings. The second-order valence-electron chi connectivity index (χ2n) is 6.06. The summed E-state index contributed by atoms with van der Waals surface area (Å²) in [4.78, 5) is 10.4. The van der Waals surface area contributed by atoms with Crippen LogP contribution in [-0.2, 0) is 11.2 Å². The van der Waals surface area contributed by atoms with Crippen LogP contribution in [0.25, 0.3) is 0 Å². The van der Waals surface area contributed by atoms with Crippen LogP contribution in [0.4, 0.5) is 0 Å². The minimum atomic E-state index is -0.663. The van der Waals surface area contributed by atoms with Crippen molar-refractivity contribution in [3.8, 4) is 0 Å². The van der Waals surface area contributed by atoms with Gasteiger partial charge in [-0.2, -0.15) is 0 Å². The summed E-state index contributed by atoms with van der Waals surface area (Å²) in [6.45, 7) is 2.13. The summed E-state index contributed by atoms with van der Waals surface area (Å²) >= 11 is 0. The maximum absolute atomic E-state index is 10.4. The van der Waals surface area contributed by atoms with Gasteiger partial charge in [-0.25, -0.2) is 0 Å². The minimum absolute atomic E-state index is 0.332. The van der Waals surface area contributed by atoms with Crippen LogP contribution in [0.2, 0.25) is 0 Å². The van der Waals surface area contributed by atoms with Gasteiger partial charge in [-0.05, 0) is 31.7 Å². The van der Waals surface area contributed by atoms with E-state index in [0.717, 1.165) is 12.8 Å². The van der Waals surface area contributed by atoms with Gasteiger partial charge in [-0.15, -0.1) is 0 Å². The number of unbranched alkanes of at least 4 members (excludes halogenated alkanes) is 8. The van der Waals surface area contributed by atoms with E-state index >= 15 is 0 Å². The number of aliphatic carboxylic acids is 1. The molecule has 0 atom stereocenters. The Hall–Kier alpha value is -1.31. The third kappa shape index (κ3) is 10.1. The highest BCUT2D eigenvalue weighted by Crippen LogP contribution is 2.12. The Bertz CT molecular complexity index is 381. The van der Waals surface area contributed by atoms with E-state index in [1.165, 1.54) is 62.5 Å². The first-order valence-corrected chi connectivity index (χ1v) is 8.46. The molecule has 1 N–H and O–H groups in total. The Morgan fingerprint density at radius 1 is 0.810 bits per heavy atom. The molecule has 0 aromatic heterocycles. The summed E-state index contributed by atoms with van der Waals surface area (Å²) in [5.74, 6) is -0.663. The zero-order valence-electron chi connectivity index (χ0n) is 13.4. The molecular weight excluding hydrogens is 260 g/mol. The van der Waals surface area contributed by atoms with Gasteiger partial charge in [0.15, 0.2) is 0 Å². The van der Waals surface area contributed by atoms with Crippen molar-refractivity contribution in [2.75, 3.05) is 0 Å². The molecule has 0 amide bonds. The molecule has 0 aliphatic carbocycles. The highest BCUT2D eigenvalue weighted by Gasteiger charge is 1.97. The van der Waals surface area contributed by atoms with Gasteiger partial charge < -0.3 is 5.11 Å². The zero-order valence-corrected chi connectivity index (χ0v) is 13.4. The van der Waals surface area contributed by atoms with E-state index < -0.39 is 5.97 Å². The fourth-order valence-corrected chi connectivity index (χ4v) is 2.60. The van der Waals surface area contributed by atoms with E-state index in [1.807, 2.05) is 0 Å². The van der Waals surface area contributed by atoms with Gasteiger partial charge in [-0.1, -0.05) is 74.8 Å². The van der Waals surface area contributed by atoms with Crippen molar-refractivity contribution in [1.82, 2.24) is 0 Å². The van der Waals surface area contributed by atoms with Crippen LogP contribution in [0.15, 0.2) is 24.3 Å². The van der Waals surface area contributed by atoms with Crippen LogP contribution in [0.5, 0.6) is 0 Å². The van der Waals surface area contributed by atoms with Gasteiger partial charge in [0.2, 0.25) is 0 Å². The normalized spacial score (nSPS) is 10.7. The Morgan fingerprint density at radius 3 is 1.81 bits per heavy atom. The molecule has 0 bridgehead atoms. The van der Waals surface area contributed by atoms with Crippen LogP contribution in [-0.4, -0.2) is 11.1 Å². The molecule has 0 aliphatic heterocycles. The molecule has 2 nitrogen and oxygen atoms in total. The quantitative estimate of drug-likeness (QED) is 0.514. The van der Waals surface area contributed by atoms with Crippen LogP contribution in [0.3, 0.4) is 0 Å². The minimum Gasteiger partial charge on any atom is -0.481 e. The third-order valence-electron chi connectivity index (χ3n) is 3.98. The van der Waals surface area contributed by atoms with Gasteiger partial charge in [0.05, 0.1) is 0 Å². The topological polar surface area (TPSA) is 37.3 Å². The fourth-order valence-electron chi connectivity index (χ4n) is 2.60. The van der Waals surface area contributed by atoms with Gasteiger partial charge in [0.1, 0.15) is 0 Å². The van der Waals surface area contributed by atoms with Crippen LogP contribution < -0.4 is 0 Å². The summed E-state index contributed by atoms with van der Waals surface area (Å²) in [6, 6.07) is 8.87. The van der Waals surface area contributed by atoms with Crippen molar-refractivity contribution in [2.24, 2.45) is 0 Å². The molecule has 0 unspecified atom stereocenters. The molecule has 0 fully saturated rings. The highest BCUT2D eigenvalue weighted by molar-refractivity contribution is 5.66. The van der Waals surface area contributed by atoms with Gasteiger partial charge in [-0.3, -0.25) is 4.79 Å². The smallest absolute Gasteiger partial charge is 0.303 e. The first-order valence-electron chi connectivity index (χ1n) is 8.46. The number of carboxylic acids is 1. The van der Waals surface area contributed by atoms with E-state index in [4.69, 9.17) is 5.11 Å². The van der Waals surface area contributed by atoms with Crippen molar-refractivity contribution in [3.05, 3.63) is 35.4 Å². The Kier molecular flexibility index (Phi) is 9.60. The molecule has 2 heteroatoms. The van der Waals surface area contributed by atoms with E-state index in [2.05, 4.69) is 31.2 Å². The Labute approximate surface area is 129 Å². The van der Waals surface area contributed by atoms with Crippen LogP contribution >= 0.6 is 0 Å². The number of benzene rings is 1. The summed E-state index contributed by atoms with van der Waals surface area (Å²) in [5.41, 5.74) is 2.79. The van der Waals surface area contributed by atoms with Crippen molar-refractivity contribution < 1.29 is 9.90 Å². The lowest BCUT2D eigenvalue weighted by molar-refractivity contribution is -0.137. The lowest BCUT2D eigenvalue weighted by atomic mass is 10.0. The second kappa shape index (κ2) is 11.4. The highest BCUT2D eigenvalue weighted by atomic mass is 16.4. The Morgan fingerprint density at radius 2 is 1.29 bits per heavy atom. The van der Waals surface area contributed by atoms with E-state index in [9.17, 15) is 4.79 Å². The second-order valence-corrected chi connectivity index (χ2v) is 6.06. The zero-order chi connectivity index (χ0) is 15.3. The van der Waals surface area contributed by atoms with Crippen LogP contribution in [0, 0.1) is 6.92 Å². The molecule has 0 saturated heterocycles. The predicted molar refractivity (Wildman–Crippen MR) is 88.7 cm³/mol. The molecule has 1 aromatic rings. The third-order valence-corrected chi connectivity index (χ3v) is 3.98. The van der Waals surface area contributed by atoms with Crippen molar-refractivity contribution >= 4 is 5.97 Å². The number of aryl methyl sites for hydroxylation is 2. The molecule has 0 radical (unpaired) electrons. The van der Waals surface area contributed by atoms with Gasteiger partial charge in [0.25, 0.3) is 0 Å². The molecule has 0 saturated carbocycles. The maximum Gasteiger partial charge on any atom is 0.303 e. The molecule has 1 rings (SSSR count). The van der Waals surface area contributed by atoms with Gasteiger partial charge >= 0.3 is 5.97 Å². The number of carboxylic acid groups (broad SMARTS) is 1. The van der Waals surface area contributed by atoms with Crippen LogP contribution in [0.1, 0.15) is 75.3 Å². The number of rotatable bonds is 12. The summed E-state index contributed by atoms with van der Waals surface area (Å²) in [6.07, 6.45) is 12.5. The van der Waals surface area contributed by atoms with E-state index in [1.54, 1.807) is 0 Å². The average molecular weight is 290 g/mol. The number of carbonyl (C=O) groups is 1. The standard InChI is InChI=1S/C19H30O2/c1-17-13-15-18(16-14-17)11-9-7-5-3-2-4-6-8-10-12-19(20)21/h13-16H,2-12H2,1H3,(H,20,21). The summed E-state index contributed by atoms with van der Waals surface area (Å²) < 4.78 is 0. The lowest BCUT2D eigenvalue weighted by Gasteiger charge is -2.03. The Balaban J connectivity index is 1.84. The first kappa shape index (κ1) is 17.7. The predicted octanol–water partition coefficient (Wildman–Crippen LogP) is 5.52. The lowest BCUT2D eigenvalue weighted by Crippen LogP contribution is -1.93. The monoisotopic (exact) mass is 290 g/mol. The van der Waals surface area contributed by atoms with Crippen molar-refractivity contribution in [1.29, 1.82) is 0 Å². The fraction of sp³-hybridized carbons (Fsp3) is 0.632. The first-order chi connectivity index (χ1) is 10.2. The van der Waals surface area contributed by atoms with E-state index in [0.29, 0.717) is 6.42 Å².